The molecule has 3 N–H and O–H groups in total. The number of halogens is 3. The fourth-order valence-electron chi connectivity index (χ4n) is 3.17. The molecule has 3 rings (SSSR count). The minimum Gasteiger partial charge on any atom is -0.484 e. The highest BCUT2D eigenvalue weighted by atomic mass is 32.1. The van der Waals surface area contributed by atoms with Gasteiger partial charge in [-0.05, 0) is 49.4 Å². The van der Waals surface area contributed by atoms with Gasteiger partial charge in [-0.1, -0.05) is 12.5 Å². The number of hydrogen-bond acceptors (Lipinski definition) is 4. The number of alkyl halides is 3. The molecule has 5 nitrogen and oxygen atoms in total. The van der Waals surface area contributed by atoms with Crippen molar-refractivity contribution < 1.29 is 27.5 Å². The summed E-state index contributed by atoms with van der Waals surface area (Å²) in [6.45, 7) is -0.484. The monoisotopic (exact) mass is 412 g/mol. The Hall–Kier alpha value is -2.55. The Morgan fingerprint density at radius 3 is 2.64 bits per heavy atom. The first-order valence-electron chi connectivity index (χ1n) is 8.80. The summed E-state index contributed by atoms with van der Waals surface area (Å²) in [4.78, 5) is 25.2. The van der Waals surface area contributed by atoms with E-state index in [1.807, 2.05) is 0 Å². The summed E-state index contributed by atoms with van der Waals surface area (Å²) < 4.78 is 43.4. The first-order chi connectivity index (χ1) is 13.3. The number of thiophene rings is 1. The molecule has 1 aliphatic carbocycles. The molecule has 150 valence electrons. The molecule has 28 heavy (non-hydrogen) atoms. The molecule has 0 saturated heterocycles. The summed E-state index contributed by atoms with van der Waals surface area (Å²) in [5, 5.41) is 2.99. The van der Waals surface area contributed by atoms with Gasteiger partial charge in [0.05, 0.1) is 11.1 Å². The molecular formula is C19H19F3N2O3S. The third-order valence-electron chi connectivity index (χ3n) is 4.45. The number of carbonyl (C=O) groups excluding carboxylic acids is 2. The maximum atomic E-state index is 12.7. The van der Waals surface area contributed by atoms with Gasteiger partial charge in [-0.3, -0.25) is 9.59 Å². The zero-order valence-electron chi connectivity index (χ0n) is 14.9. The average molecular weight is 412 g/mol. The number of rotatable bonds is 5. The number of nitrogens with one attached hydrogen (secondary N) is 1. The number of carbonyl (C=O) groups is 2. The van der Waals surface area contributed by atoms with Gasteiger partial charge in [0.1, 0.15) is 10.8 Å². The van der Waals surface area contributed by atoms with Crippen molar-refractivity contribution in [2.24, 2.45) is 5.73 Å². The molecule has 0 unspecified atom stereocenters. The normalized spacial score (nSPS) is 14.1. The van der Waals surface area contributed by atoms with E-state index in [4.69, 9.17) is 10.5 Å². The van der Waals surface area contributed by atoms with Crippen LogP contribution in [-0.2, 0) is 23.8 Å². The lowest BCUT2D eigenvalue weighted by Crippen LogP contribution is -2.22. The minimum atomic E-state index is -4.49. The highest BCUT2D eigenvalue weighted by Crippen LogP contribution is 2.37. The largest absolute Gasteiger partial charge is 0.484 e. The van der Waals surface area contributed by atoms with Crippen LogP contribution in [0.1, 0.15) is 45.6 Å². The third-order valence-corrected chi connectivity index (χ3v) is 5.66. The van der Waals surface area contributed by atoms with E-state index in [0.717, 1.165) is 54.7 Å². The summed E-state index contributed by atoms with van der Waals surface area (Å²) in [5.41, 5.74) is 5.87. The quantitative estimate of drug-likeness (QED) is 0.724. The van der Waals surface area contributed by atoms with Crippen LogP contribution in [0.5, 0.6) is 5.75 Å². The Bertz CT molecular complexity index is 893. The molecule has 2 amide bonds. The predicted octanol–water partition coefficient (Wildman–Crippen LogP) is 4.15. The van der Waals surface area contributed by atoms with Crippen LogP contribution in [0.15, 0.2) is 24.3 Å². The molecule has 0 saturated carbocycles. The highest BCUT2D eigenvalue weighted by molar-refractivity contribution is 7.17. The standard InChI is InChI=1S/C19H19F3N2O3S/c20-19(21,22)11-5-4-6-12(9-11)27-10-15(25)24-18-16(17(23)26)13-7-2-1-3-8-14(13)28-18/h4-6,9H,1-3,7-8,10H2,(H2,23,26)(H,24,25). The number of hydrogen-bond donors (Lipinski definition) is 2. The summed E-state index contributed by atoms with van der Waals surface area (Å²) >= 11 is 1.32. The number of nitrogens with two attached hydrogens (primary N) is 1. The van der Waals surface area contributed by atoms with Crippen LogP contribution < -0.4 is 15.8 Å². The van der Waals surface area contributed by atoms with E-state index >= 15 is 0 Å². The molecule has 1 heterocycles. The second-order valence-corrected chi connectivity index (χ2v) is 7.60. The molecule has 0 atom stereocenters. The molecule has 0 aliphatic heterocycles. The maximum absolute atomic E-state index is 12.7. The van der Waals surface area contributed by atoms with Gasteiger partial charge in [-0.15, -0.1) is 11.3 Å². The van der Waals surface area contributed by atoms with E-state index in [-0.39, 0.29) is 5.75 Å². The van der Waals surface area contributed by atoms with Crippen molar-refractivity contribution in [3.63, 3.8) is 0 Å². The van der Waals surface area contributed by atoms with E-state index < -0.39 is 30.2 Å². The number of anilines is 1. The lowest BCUT2D eigenvalue weighted by molar-refractivity contribution is -0.137. The Balaban J connectivity index is 1.70. The number of amides is 2. The van der Waals surface area contributed by atoms with Gasteiger partial charge in [0.25, 0.3) is 11.8 Å². The van der Waals surface area contributed by atoms with Crippen LogP contribution in [0, 0.1) is 0 Å². The lowest BCUT2D eigenvalue weighted by Gasteiger charge is -2.10. The Labute approximate surface area is 163 Å². The number of primary amides is 1. The lowest BCUT2D eigenvalue weighted by atomic mass is 10.1. The van der Waals surface area contributed by atoms with Gasteiger partial charge in [-0.25, -0.2) is 0 Å². The van der Waals surface area contributed by atoms with Crippen molar-refractivity contribution >= 4 is 28.2 Å². The Morgan fingerprint density at radius 2 is 1.93 bits per heavy atom. The van der Waals surface area contributed by atoms with E-state index in [2.05, 4.69) is 5.32 Å². The molecule has 2 aromatic rings. The zero-order valence-corrected chi connectivity index (χ0v) is 15.7. The van der Waals surface area contributed by atoms with Crippen molar-refractivity contribution in [2.45, 2.75) is 38.3 Å². The molecule has 1 aliphatic rings. The molecule has 0 bridgehead atoms. The summed E-state index contributed by atoms with van der Waals surface area (Å²) in [7, 11) is 0. The first kappa shape index (κ1) is 20.2. The highest BCUT2D eigenvalue weighted by Gasteiger charge is 2.30. The SMILES string of the molecule is NC(=O)c1c(NC(=O)COc2cccc(C(F)(F)F)c2)sc2c1CCCCC2. The zero-order chi connectivity index (χ0) is 20.3. The van der Waals surface area contributed by atoms with Crippen LogP contribution >= 0.6 is 11.3 Å². The second kappa shape index (κ2) is 8.22. The molecule has 0 radical (unpaired) electrons. The van der Waals surface area contributed by atoms with E-state index in [0.29, 0.717) is 10.6 Å². The fourth-order valence-corrected chi connectivity index (χ4v) is 4.48. The summed E-state index contributed by atoms with van der Waals surface area (Å²) in [6, 6.07) is 4.29. The van der Waals surface area contributed by atoms with Gasteiger partial charge in [0.2, 0.25) is 0 Å². The predicted molar refractivity (Wildman–Crippen MR) is 99.7 cm³/mol. The molecule has 1 aromatic carbocycles. The smallest absolute Gasteiger partial charge is 0.416 e. The third kappa shape index (κ3) is 4.64. The van der Waals surface area contributed by atoms with Gasteiger partial charge in [0, 0.05) is 4.88 Å². The van der Waals surface area contributed by atoms with Crippen LogP contribution in [0.2, 0.25) is 0 Å². The van der Waals surface area contributed by atoms with Crippen molar-refractivity contribution in [1.29, 1.82) is 0 Å². The summed E-state index contributed by atoms with van der Waals surface area (Å²) in [6.07, 6.45) is 0.115. The van der Waals surface area contributed by atoms with Gasteiger partial charge < -0.3 is 15.8 Å². The summed E-state index contributed by atoms with van der Waals surface area (Å²) in [5.74, 6) is -1.24. The van der Waals surface area contributed by atoms with Crippen LogP contribution in [0.4, 0.5) is 18.2 Å². The number of fused-ring (bicyclic) bond motifs is 1. The number of aryl methyl sites for hydroxylation is 1. The van der Waals surface area contributed by atoms with Crippen LogP contribution in [0.25, 0.3) is 0 Å². The van der Waals surface area contributed by atoms with Gasteiger partial charge in [-0.2, -0.15) is 13.2 Å². The van der Waals surface area contributed by atoms with Crippen molar-refractivity contribution in [3.8, 4) is 5.75 Å². The molecule has 0 fully saturated rings. The Kier molecular flexibility index (Phi) is 5.93. The van der Waals surface area contributed by atoms with E-state index in [9.17, 15) is 22.8 Å². The van der Waals surface area contributed by atoms with Crippen molar-refractivity contribution in [1.82, 2.24) is 0 Å². The van der Waals surface area contributed by atoms with Crippen LogP contribution in [-0.4, -0.2) is 18.4 Å². The Morgan fingerprint density at radius 1 is 1.18 bits per heavy atom. The second-order valence-electron chi connectivity index (χ2n) is 6.50. The first-order valence-corrected chi connectivity index (χ1v) is 9.61. The fraction of sp³-hybridized carbons (Fsp3) is 0.368. The van der Waals surface area contributed by atoms with E-state index in [1.54, 1.807) is 0 Å². The van der Waals surface area contributed by atoms with E-state index in [1.165, 1.54) is 23.5 Å². The van der Waals surface area contributed by atoms with Crippen molar-refractivity contribution in [3.05, 3.63) is 45.8 Å². The van der Waals surface area contributed by atoms with Crippen LogP contribution in [0.3, 0.4) is 0 Å². The number of ether oxygens (including phenoxy) is 1. The molecule has 9 heteroatoms. The van der Waals surface area contributed by atoms with Gasteiger partial charge in [0.15, 0.2) is 6.61 Å². The molecular weight excluding hydrogens is 393 g/mol. The minimum absolute atomic E-state index is 0.0675. The molecule has 1 aromatic heterocycles. The average Bonchev–Trinajstić information content (AvgIpc) is 2.80. The molecule has 0 spiro atoms. The topological polar surface area (TPSA) is 81.4 Å². The number of benzene rings is 1. The maximum Gasteiger partial charge on any atom is 0.416 e. The van der Waals surface area contributed by atoms with Crippen molar-refractivity contribution in [2.75, 3.05) is 11.9 Å². The van der Waals surface area contributed by atoms with Gasteiger partial charge >= 0.3 is 6.18 Å².